The molecule has 1 aliphatic rings. The van der Waals surface area contributed by atoms with E-state index >= 15 is 0 Å². The van der Waals surface area contributed by atoms with E-state index in [-0.39, 0.29) is 12.1 Å². The van der Waals surface area contributed by atoms with E-state index in [1.54, 1.807) is 0 Å². The van der Waals surface area contributed by atoms with Gasteiger partial charge in [0.1, 0.15) is 0 Å². The van der Waals surface area contributed by atoms with Crippen molar-refractivity contribution in [2.45, 2.75) is 12.6 Å². The summed E-state index contributed by atoms with van der Waals surface area (Å²) in [5, 5.41) is 5.93. The van der Waals surface area contributed by atoms with Crippen molar-refractivity contribution in [2.75, 3.05) is 32.8 Å². The Hall–Kier alpha value is -2.37. The summed E-state index contributed by atoms with van der Waals surface area (Å²) in [5.41, 5.74) is 2.30. The van der Waals surface area contributed by atoms with Gasteiger partial charge < -0.3 is 15.4 Å². The molecule has 0 spiro atoms. The normalized spacial score (nSPS) is 16.2. The van der Waals surface area contributed by atoms with Crippen LogP contribution in [0.1, 0.15) is 17.2 Å². The van der Waals surface area contributed by atoms with Gasteiger partial charge in [-0.3, -0.25) is 4.90 Å². The first kappa shape index (κ1) is 17.5. The standard InChI is InChI=1S/C20H25N3O2/c24-20(21-15-17-7-3-1-4-8-17)22-16-19(18-9-5-2-6-10-18)23-11-13-25-14-12-23/h1-10,19H,11-16H2,(H2,21,22,24)/t19-/m1/s1. The lowest BCUT2D eigenvalue weighted by atomic mass is 10.0. The second-order valence-electron chi connectivity index (χ2n) is 6.12. The van der Waals surface area contributed by atoms with Crippen LogP contribution in [0.25, 0.3) is 0 Å². The Bertz CT molecular complexity index is 643. The molecule has 0 unspecified atom stereocenters. The number of hydrogen-bond acceptors (Lipinski definition) is 3. The minimum atomic E-state index is -0.141. The lowest BCUT2D eigenvalue weighted by Gasteiger charge is -2.34. The lowest BCUT2D eigenvalue weighted by molar-refractivity contribution is 0.0167. The number of amides is 2. The molecule has 1 saturated heterocycles. The summed E-state index contributed by atoms with van der Waals surface area (Å²) < 4.78 is 5.46. The Morgan fingerprint density at radius 3 is 2.28 bits per heavy atom. The maximum Gasteiger partial charge on any atom is 0.315 e. The lowest BCUT2D eigenvalue weighted by Crippen LogP contribution is -2.45. The fourth-order valence-corrected chi connectivity index (χ4v) is 3.05. The van der Waals surface area contributed by atoms with Crippen LogP contribution in [0.4, 0.5) is 4.79 Å². The predicted octanol–water partition coefficient (Wildman–Crippen LogP) is 2.56. The third kappa shape index (κ3) is 5.31. The molecule has 0 radical (unpaired) electrons. The Balaban J connectivity index is 1.55. The van der Waals surface area contributed by atoms with E-state index in [1.807, 2.05) is 48.5 Å². The predicted molar refractivity (Wildman–Crippen MR) is 98.3 cm³/mol. The minimum absolute atomic E-state index is 0.141. The number of nitrogens with one attached hydrogen (secondary N) is 2. The molecule has 2 amide bonds. The fourth-order valence-electron chi connectivity index (χ4n) is 3.05. The summed E-state index contributed by atoms with van der Waals surface area (Å²) in [7, 11) is 0. The van der Waals surface area contributed by atoms with Gasteiger partial charge in [0.25, 0.3) is 0 Å². The van der Waals surface area contributed by atoms with Gasteiger partial charge in [0.2, 0.25) is 0 Å². The van der Waals surface area contributed by atoms with Gasteiger partial charge in [0, 0.05) is 26.2 Å². The zero-order valence-corrected chi connectivity index (χ0v) is 14.4. The van der Waals surface area contributed by atoms with E-state index in [0.29, 0.717) is 13.1 Å². The molecular weight excluding hydrogens is 314 g/mol. The highest BCUT2D eigenvalue weighted by Crippen LogP contribution is 2.20. The van der Waals surface area contributed by atoms with Crippen LogP contribution in [-0.4, -0.2) is 43.8 Å². The van der Waals surface area contributed by atoms with E-state index < -0.39 is 0 Å². The first-order chi connectivity index (χ1) is 12.3. The Morgan fingerprint density at radius 1 is 0.960 bits per heavy atom. The smallest absolute Gasteiger partial charge is 0.315 e. The van der Waals surface area contributed by atoms with Crippen molar-refractivity contribution >= 4 is 6.03 Å². The summed E-state index contributed by atoms with van der Waals surface area (Å²) in [6.07, 6.45) is 0. The van der Waals surface area contributed by atoms with Crippen molar-refractivity contribution in [3.05, 3.63) is 71.8 Å². The second kappa shape index (κ2) is 9.20. The van der Waals surface area contributed by atoms with E-state index in [0.717, 1.165) is 31.9 Å². The molecule has 0 saturated carbocycles. The van der Waals surface area contributed by atoms with Crippen LogP contribution in [0.15, 0.2) is 60.7 Å². The van der Waals surface area contributed by atoms with Gasteiger partial charge in [-0.1, -0.05) is 60.7 Å². The number of ether oxygens (including phenoxy) is 1. The molecule has 1 atom stereocenters. The van der Waals surface area contributed by atoms with Gasteiger partial charge in [-0.25, -0.2) is 4.79 Å². The first-order valence-electron chi connectivity index (χ1n) is 8.75. The highest BCUT2D eigenvalue weighted by molar-refractivity contribution is 5.73. The second-order valence-corrected chi connectivity index (χ2v) is 6.12. The van der Waals surface area contributed by atoms with Gasteiger partial charge in [-0.05, 0) is 11.1 Å². The van der Waals surface area contributed by atoms with Crippen molar-refractivity contribution in [1.29, 1.82) is 0 Å². The molecular formula is C20H25N3O2. The van der Waals surface area contributed by atoms with Gasteiger partial charge in [-0.15, -0.1) is 0 Å². The van der Waals surface area contributed by atoms with Crippen LogP contribution in [-0.2, 0) is 11.3 Å². The first-order valence-corrected chi connectivity index (χ1v) is 8.75. The zero-order chi connectivity index (χ0) is 17.3. The maximum absolute atomic E-state index is 12.2. The quantitative estimate of drug-likeness (QED) is 0.850. The van der Waals surface area contributed by atoms with Crippen LogP contribution in [0, 0.1) is 0 Å². The maximum atomic E-state index is 12.2. The number of urea groups is 1. The molecule has 2 N–H and O–H groups in total. The molecule has 0 bridgehead atoms. The summed E-state index contributed by atoms with van der Waals surface area (Å²) in [6.45, 7) is 4.34. The van der Waals surface area contributed by atoms with E-state index in [9.17, 15) is 4.79 Å². The third-order valence-corrected chi connectivity index (χ3v) is 4.42. The number of hydrogen-bond donors (Lipinski definition) is 2. The summed E-state index contributed by atoms with van der Waals surface area (Å²) >= 11 is 0. The van der Waals surface area contributed by atoms with Gasteiger partial charge in [0.05, 0.1) is 19.3 Å². The van der Waals surface area contributed by atoms with E-state index in [2.05, 4.69) is 27.7 Å². The molecule has 5 heteroatoms. The molecule has 1 fully saturated rings. The Kier molecular flexibility index (Phi) is 6.42. The molecule has 0 aromatic heterocycles. The number of carbonyl (C=O) groups excluding carboxylic acids is 1. The van der Waals surface area contributed by atoms with E-state index in [4.69, 9.17) is 4.74 Å². The largest absolute Gasteiger partial charge is 0.379 e. The monoisotopic (exact) mass is 339 g/mol. The van der Waals surface area contributed by atoms with E-state index in [1.165, 1.54) is 5.56 Å². The minimum Gasteiger partial charge on any atom is -0.379 e. The zero-order valence-electron chi connectivity index (χ0n) is 14.4. The fraction of sp³-hybridized carbons (Fsp3) is 0.350. The van der Waals surface area contributed by atoms with Crippen LogP contribution in [0.2, 0.25) is 0 Å². The molecule has 2 aromatic carbocycles. The summed E-state index contributed by atoms with van der Waals surface area (Å²) in [4.78, 5) is 14.5. The number of benzene rings is 2. The molecule has 0 aliphatic carbocycles. The highest BCUT2D eigenvalue weighted by atomic mass is 16.5. The van der Waals surface area contributed by atoms with Gasteiger partial charge in [0.15, 0.2) is 0 Å². The molecule has 5 nitrogen and oxygen atoms in total. The van der Waals surface area contributed by atoms with Gasteiger partial charge >= 0.3 is 6.03 Å². The average Bonchev–Trinajstić information content (AvgIpc) is 2.69. The van der Waals surface area contributed by atoms with Crippen molar-refractivity contribution in [1.82, 2.24) is 15.5 Å². The van der Waals surface area contributed by atoms with Crippen LogP contribution in [0.3, 0.4) is 0 Å². The highest BCUT2D eigenvalue weighted by Gasteiger charge is 2.22. The molecule has 132 valence electrons. The molecule has 3 rings (SSSR count). The van der Waals surface area contributed by atoms with Crippen LogP contribution >= 0.6 is 0 Å². The topological polar surface area (TPSA) is 53.6 Å². The molecule has 1 heterocycles. The third-order valence-electron chi connectivity index (χ3n) is 4.42. The van der Waals surface area contributed by atoms with Crippen molar-refractivity contribution in [3.8, 4) is 0 Å². The van der Waals surface area contributed by atoms with Crippen molar-refractivity contribution in [2.24, 2.45) is 0 Å². The number of carbonyl (C=O) groups is 1. The average molecular weight is 339 g/mol. The molecule has 1 aliphatic heterocycles. The number of morpholine rings is 1. The molecule has 25 heavy (non-hydrogen) atoms. The number of nitrogens with zero attached hydrogens (tertiary/aromatic N) is 1. The molecule has 2 aromatic rings. The Morgan fingerprint density at radius 2 is 1.60 bits per heavy atom. The van der Waals surface area contributed by atoms with Crippen molar-refractivity contribution in [3.63, 3.8) is 0 Å². The summed E-state index contributed by atoms with van der Waals surface area (Å²) in [5.74, 6) is 0. The summed E-state index contributed by atoms with van der Waals surface area (Å²) in [6, 6.07) is 20.3. The SMILES string of the molecule is O=C(NCc1ccccc1)NC[C@H](c1ccccc1)N1CCOCC1. The van der Waals surface area contributed by atoms with Gasteiger partial charge in [-0.2, -0.15) is 0 Å². The Labute approximate surface area is 149 Å². The number of rotatable bonds is 6. The van der Waals surface area contributed by atoms with Crippen LogP contribution < -0.4 is 10.6 Å². The van der Waals surface area contributed by atoms with Crippen LogP contribution in [0.5, 0.6) is 0 Å². The van der Waals surface area contributed by atoms with Crippen molar-refractivity contribution < 1.29 is 9.53 Å².